The molecule has 0 unspecified atom stereocenters. The van der Waals surface area contributed by atoms with Crippen LogP contribution in [0.15, 0.2) is 45.9 Å². The van der Waals surface area contributed by atoms with Crippen LogP contribution in [-0.2, 0) is 5.75 Å². The molecule has 0 amide bonds. The highest BCUT2D eigenvalue weighted by Crippen LogP contribution is 2.30. The van der Waals surface area contributed by atoms with Crippen molar-refractivity contribution < 1.29 is 13.9 Å². The maximum Gasteiger partial charge on any atom is 0.123 e. The van der Waals surface area contributed by atoms with Gasteiger partial charge in [0.05, 0.1) is 18.1 Å². The summed E-state index contributed by atoms with van der Waals surface area (Å²) in [5, 5.41) is 9.58. The fourth-order valence-corrected chi connectivity index (χ4v) is 2.54. The van der Waals surface area contributed by atoms with E-state index in [-0.39, 0.29) is 5.82 Å². The maximum absolute atomic E-state index is 13.1. The largest absolute Gasteiger partial charge is 0.468 e. The van der Waals surface area contributed by atoms with E-state index >= 15 is 0 Å². The standard InChI is InChI=1S/C13H13FO2S/c1-9(15)12-7-10(14)4-5-13(12)17-8-11-3-2-6-16-11/h2-7,9,15H,8H2,1H3/t9-/m0/s1. The lowest BCUT2D eigenvalue weighted by Gasteiger charge is -2.11. The predicted molar refractivity (Wildman–Crippen MR) is 65.3 cm³/mol. The van der Waals surface area contributed by atoms with Crippen LogP contribution in [0.25, 0.3) is 0 Å². The van der Waals surface area contributed by atoms with E-state index in [1.54, 1.807) is 19.3 Å². The van der Waals surface area contributed by atoms with Crippen LogP contribution in [0.5, 0.6) is 0 Å². The second-order valence-corrected chi connectivity index (χ2v) is 4.74. The molecular formula is C13H13FO2S. The SMILES string of the molecule is C[C@H](O)c1cc(F)ccc1SCc1ccco1. The lowest BCUT2D eigenvalue weighted by molar-refractivity contribution is 0.196. The van der Waals surface area contributed by atoms with Crippen molar-refractivity contribution in [3.63, 3.8) is 0 Å². The summed E-state index contributed by atoms with van der Waals surface area (Å²) in [5.74, 6) is 1.19. The molecule has 0 saturated carbocycles. The number of benzene rings is 1. The molecule has 1 aromatic heterocycles. The molecule has 0 aliphatic heterocycles. The number of aliphatic hydroxyl groups is 1. The van der Waals surface area contributed by atoms with E-state index < -0.39 is 6.10 Å². The third kappa shape index (κ3) is 3.11. The van der Waals surface area contributed by atoms with Gasteiger partial charge in [0, 0.05) is 4.90 Å². The number of hydrogen-bond acceptors (Lipinski definition) is 3. The third-order valence-corrected chi connectivity index (χ3v) is 3.48. The van der Waals surface area contributed by atoms with Crippen molar-refractivity contribution in [1.29, 1.82) is 0 Å². The molecule has 90 valence electrons. The van der Waals surface area contributed by atoms with Crippen LogP contribution < -0.4 is 0 Å². The van der Waals surface area contributed by atoms with Gasteiger partial charge in [0.25, 0.3) is 0 Å². The minimum absolute atomic E-state index is 0.330. The van der Waals surface area contributed by atoms with Gasteiger partial charge in [-0.25, -0.2) is 4.39 Å². The number of furan rings is 1. The van der Waals surface area contributed by atoms with Crippen LogP contribution in [0.1, 0.15) is 24.4 Å². The van der Waals surface area contributed by atoms with Crippen LogP contribution in [0.4, 0.5) is 4.39 Å². The normalized spacial score (nSPS) is 12.6. The second-order valence-electron chi connectivity index (χ2n) is 3.73. The van der Waals surface area contributed by atoms with Crippen molar-refractivity contribution >= 4 is 11.8 Å². The fraction of sp³-hybridized carbons (Fsp3) is 0.231. The average Bonchev–Trinajstić information content (AvgIpc) is 2.80. The smallest absolute Gasteiger partial charge is 0.123 e. The second kappa shape index (κ2) is 5.38. The molecule has 2 rings (SSSR count). The molecule has 1 heterocycles. The molecular weight excluding hydrogens is 239 g/mol. The number of thioether (sulfide) groups is 1. The van der Waals surface area contributed by atoms with Crippen LogP contribution in [0, 0.1) is 5.82 Å². The molecule has 17 heavy (non-hydrogen) atoms. The highest BCUT2D eigenvalue weighted by Gasteiger charge is 2.10. The van der Waals surface area contributed by atoms with Gasteiger partial charge < -0.3 is 9.52 Å². The molecule has 0 aliphatic carbocycles. The van der Waals surface area contributed by atoms with Gasteiger partial charge in [0.1, 0.15) is 11.6 Å². The van der Waals surface area contributed by atoms with Crippen molar-refractivity contribution in [3.05, 3.63) is 53.7 Å². The van der Waals surface area contributed by atoms with E-state index in [0.29, 0.717) is 11.3 Å². The zero-order valence-electron chi connectivity index (χ0n) is 9.39. The molecule has 0 fully saturated rings. The summed E-state index contributed by atoms with van der Waals surface area (Å²) in [6.45, 7) is 1.63. The number of rotatable bonds is 4. The molecule has 0 saturated heterocycles. The first-order valence-electron chi connectivity index (χ1n) is 5.29. The Labute approximate surface area is 103 Å². The molecule has 1 atom stereocenters. The maximum atomic E-state index is 13.1. The Balaban J connectivity index is 2.14. The van der Waals surface area contributed by atoms with E-state index in [4.69, 9.17) is 4.42 Å². The monoisotopic (exact) mass is 252 g/mol. The van der Waals surface area contributed by atoms with E-state index in [0.717, 1.165) is 10.7 Å². The van der Waals surface area contributed by atoms with Crippen LogP contribution in [0.3, 0.4) is 0 Å². The zero-order chi connectivity index (χ0) is 12.3. The van der Waals surface area contributed by atoms with Gasteiger partial charge in [0.15, 0.2) is 0 Å². The summed E-state index contributed by atoms with van der Waals surface area (Å²) in [4.78, 5) is 0.873. The first-order valence-corrected chi connectivity index (χ1v) is 6.28. The summed E-state index contributed by atoms with van der Waals surface area (Å²) < 4.78 is 18.3. The highest BCUT2D eigenvalue weighted by atomic mass is 32.2. The Kier molecular flexibility index (Phi) is 3.86. The molecule has 2 aromatic rings. The van der Waals surface area contributed by atoms with Gasteiger partial charge in [0.2, 0.25) is 0 Å². The minimum atomic E-state index is -0.676. The van der Waals surface area contributed by atoms with Gasteiger partial charge in [-0.2, -0.15) is 0 Å². The number of hydrogen-bond donors (Lipinski definition) is 1. The average molecular weight is 252 g/mol. The Morgan fingerprint density at radius 3 is 2.88 bits per heavy atom. The first kappa shape index (κ1) is 12.2. The highest BCUT2D eigenvalue weighted by molar-refractivity contribution is 7.98. The topological polar surface area (TPSA) is 33.4 Å². The van der Waals surface area contributed by atoms with Crippen molar-refractivity contribution in [2.45, 2.75) is 23.7 Å². The van der Waals surface area contributed by atoms with Crippen molar-refractivity contribution in [3.8, 4) is 0 Å². The molecule has 1 N–H and O–H groups in total. The number of aliphatic hydroxyl groups excluding tert-OH is 1. The van der Waals surface area contributed by atoms with Gasteiger partial charge in [-0.1, -0.05) is 0 Å². The Morgan fingerprint density at radius 2 is 2.24 bits per heavy atom. The summed E-state index contributed by atoms with van der Waals surface area (Å²) >= 11 is 1.52. The molecule has 0 bridgehead atoms. The summed E-state index contributed by atoms with van der Waals surface area (Å²) in [7, 11) is 0. The molecule has 4 heteroatoms. The van der Waals surface area contributed by atoms with E-state index in [9.17, 15) is 9.50 Å². The van der Waals surface area contributed by atoms with Gasteiger partial charge in [-0.3, -0.25) is 0 Å². The Hall–Kier alpha value is -1.26. The van der Waals surface area contributed by atoms with E-state index in [1.807, 2.05) is 12.1 Å². The molecule has 0 spiro atoms. The van der Waals surface area contributed by atoms with Crippen molar-refractivity contribution in [2.24, 2.45) is 0 Å². The van der Waals surface area contributed by atoms with Gasteiger partial charge >= 0.3 is 0 Å². The van der Waals surface area contributed by atoms with Crippen LogP contribution in [0.2, 0.25) is 0 Å². The van der Waals surface area contributed by atoms with E-state index in [2.05, 4.69) is 0 Å². The lowest BCUT2D eigenvalue weighted by atomic mass is 10.1. The van der Waals surface area contributed by atoms with Gasteiger partial charge in [-0.05, 0) is 42.8 Å². The Bertz CT molecular complexity index is 480. The summed E-state index contributed by atoms with van der Waals surface area (Å²) in [6, 6.07) is 8.17. The van der Waals surface area contributed by atoms with Gasteiger partial charge in [-0.15, -0.1) is 11.8 Å². The molecule has 0 aliphatic rings. The summed E-state index contributed by atoms with van der Waals surface area (Å²) in [6.07, 6.45) is 0.945. The fourth-order valence-electron chi connectivity index (χ4n) is 1.52. The first-order chi connectivity index (χ1) is 8.16. The Morgan fingerprint density at radius 1 is 1.41 bits per heavy atom. The molecule has 2 nitrogen and oxygen atoms in total. The van der Waals surface area contributed by atoms with E-state index in [1.165, 1.54) is 23.9 Å². The van der Waals surface area contributed by atoms with Crippen molar-refractivity contribution in [2.75, 3.05) is 0 Å². The summed E-state index contributed by atoms with van der Waals surface area (Å²) in [5.41, 5.74) is 0.613. The predicted octanol–water partition coefficient (Wildman–Crippen LogP) is 3.76. The quantitative estimate of drug-likeness (QED) is 0.841. The number of halogens is 1. The lowest BCUT2D eigenvalue weighted by Crippen LogP contribution is -1.95. The van der Waals surface area contributed by atoms with Crippen LogP contribution in [-0.4, -0.2) is 5.11 Å². The molecule has 1 aromatic carbocycles. The molecule has 0 radical (unpaired) electrons. The van der Waals surface area contributed by atoms with Crippen molar-refractivity contribution in [1.82, 2.24) is 0 Å². The van der Waals surface area contributed by atoms with Crippen LogP contribution >= 0.6 is 11.8 Å². The minimum Gasteiger partial charge on any atom is -0.468 e. The zero-order valence-corrected chi connectivity index (χ0v) is 10.2. The third-order valence-electron chi connectivity index (χ3n) is 2.37.